The Morgan fingerprint density at radius 3 is 2.00 bits per heavy atom. The highest BCUT2D eigenvalue weighted by Crippen LogP contribution is 2.33. The van der Waals surface area contributed by atoms with E-state index < -0.39 is 10.3 Å². The molecule has 19 heavy (non-hydrogen) atoms. The summed E-state index contributed by atoms with van der Waals surface area (Å²) < 4.78 is 34.9. The van der Waals surface area contributed by atoms with Crippen molar-refractivity contribution in [3.05, 3.63) is 36.4 Å². The van der Waals surface area contributed by atoms with Gasteiger partial charge >= 0.3 is 10.3 Å². The molecule has 0 aliphatic rings. The molecule has 0 aromatic heterocycles. The summed E-state index contributed by atoms with van der Waals surface area (Å²) in [5, 5.41) is 1.49. The largest absolute Gasteiger partial charge is 0.496 e. The smallest absolute Gasteiger partial charge is 0.384 e. The summed E-state index contributed by atoms with van der Waals surface area (Å²) in [4.78, 5) is 0. The zero-order valence-electron chi connectivity index (χ0n) is 11.0. The van der Waals surface area contributed by atoms with Gasteiger partial charge in [0.15, 0.2) is 5.75 Å². The molecule has 0 spiro atoms. The fraction of sp³-hybridized carbons (Fsp3) is 0.231. The zero-order chi connectivity index (χ0) is 14.0. The first-order chi connectivity index (χ1) is 8.95. The van der Waals surface area contributed by atoms with Crippen molar-refractivity contribution in [2.45, 2.75) is 0 Å². The lowest BCUT2D eigenvalue weighted by atomic mass is 10.1. The molecule has 2 rings (SSSR count). The molecule has 0 bridgehead atoms. The van der Waals surface area contributed by atoms with Gasteiger partial charge in [0.25, 0.3) is 0 Å². The Kier molecular flexibility index (Phi) is 3.64. The van der Waals surface area contributed by atoms with Crippen LogP contribution in [0.2, 0.25) is 0 Å². The molecular weight excluding hydrogens is 266 g/mol. The van der Waals surface area contributed by atoms with Crippen LogP contribution in [0.25, 0.3) is 10.8 Å². The summed E-state index contributed by atoms with van der Waals surface area (Å²) in [5.41, 5.74) is 0. The van der Waals surface area contributed by atoms with Crippen LogP contribution in [-0.4, -0.2) is 33.9 Å². The Hall–Kier alpha value is -1.79. The number of methoxy groups -OCH3 is 1. The molecule has 0 heterocycles. The van der Waals surface area contributed by atoms with E-state index in [1.165, 1.54) is 14.1 Å². The Balaban J connectivity index is 2.57. The number of benzene rings is 2. The fourth-order valence-electron chi connectivity index (χ4n) is 1.68. The molecule has 102 valence electrons. The summed E-state index contributed by atoms with van der Waals surface area (Å²) in [7, 11) is 0.634. The van der Waals surface area contributed by atoms with Gasteiger partial charge in [-0.05, 0) is 12.1 Å². The highest BCUT2D eigenvalue weighted by Gasteiger charge is 2.18. The average Bonchev–Trinajstić information content (AvgIpc) is 2.38. The summed E-state index contributed by atoms with van der Waals surface area (Å²) >= 11 is 0. The van der Waals surface area contributed by atoms with Crippen molar-refractivity contribution in [2.75, 3.05) is 21.2 Å². The minimum atomic E-state index is -3.77. The normalized spacial score (nSPS) is 11.8. The van der Waals surface area contributed by atoms with Gasteiger partial charge < -0.3 is 8.92 Å². The fourth-order valence-corrected chi connectivity index (χ4v) is 2.20. The number of fused-ring (bicyclic) bond motifs is 1. The summed E-state index contributed by atoms with van der Waals surface area (Å²) in [6.45, 7) is 0. The van der Waals surface area contributed by atoms with E-state index in [4.69, 9.17) is 8.92 Å². The molecular formula is C13H15NO4S. The van der Waals surface area contributed by atoms with E-state index in [0.717, 1.165) is 9.69 Å². The second-order valence-corrected chi connectivity index (χ2v) is 5.89. The van der Waals surface area contributed by atoms with E-state index >= 15 is 0 Å². The number of hydrogen-bond acceptors (Lipinski definition) is 4. The van der Waals surface area contributed by atoms with Gasteiger partial charge in [0.2, 0.25) is 0 Å². The van der Waals surface area contributed by atoms with Gasteiger partial charge in [0.05, 0.1) is 7.11 Å². The molecule has 5 nitrogen and oxygen atoms in total. The van der Waals surface area contributed by atoms with Gasteiger partial charge in [0.1, 0.15) is 5.75 Å². The lowest BCUT2D eigenvalue weighted by Crippen LogP contribution is -2.27. The Bertz CT molecular complexity index is 695. The molecule has 0 saturated heterocycles. The number of ether oxygens (including phenoxy) is 1. The van der Waals surface area contributed by atoms with Gasteiger partial charge in [-0.3, -0.25) is 0 Å². The molecule has 0 aliphatic heterocycles. The minimum absolute atomic E-state index is 0.283. The number of hydrogen-bond donors (Lipinski definition) is 0. The predicted molar refractivity (Wildman–Crippen MR) is 73.7 cm³/mol. The van der Waals surface area contributed by atoms with Crippen LogP contribution in [-0.2, 0) is 10.3 Å². The first-order valence-electron chi connectivity index (χ1n) is 5.63. The van der Waals surface area contributed by atoms with Gasteiger partial charge in [0, 0.05) is 24.9 Å². The van der Waals surface area contributed by atoms with Crippen LogP contribution in [0.1, 0.15) is 0 Å². The molecule has 2 aromatic rings. The topological polar surface area (TPSA) is 55.8 Å². The highest BCUT2D eigenvalue weighted by atomic mass is 32.2. The van der Waals surface area contributed by atoms with Crippen molar-refractivity contribution >= 4 is 21.1 Å². The first-order valence-corrected chi connectivity index (χ1v) is 7.00. The third-order valence-electron chi connectivity index (χ3n) is 2.71. The number of rotatable bonds is 4. The molecule has 6 heteroatoms. The highest BCUT2D eigenvalue weighted by molar-refractivity contribution is 7.84. The quantitative estimate of drug-likeness (QED) is 0.860. The predicted octanol–water partition coefficient (Wildman–Crippen LogP) is 2.03. The maximum Gasteiger partial charge on any atom is 0.384 e. The van der Waals surface area contributed by atoms with Crippen molar-refractivity contribution in [3.63, 3.8) is 0 Å². The molecule has 0 radical (unpaired) electrons. The zero-order valence-corrected chi connectivity index (χ0v) is 11.8. The van der Waals surface area contributed by atoms with E-state index in [2.05, 4.69) is 0 Å². The van der Waals surface area contributed by atoms with Crippen molar-refractivity contribution in [2.24, 2.45) is 0 Å². The molecule has 0 saturated carbocycles. The van der Waals surface area contributed by atoms with Crippen molar-refractivity contribution in [1.82, 2.24) is 4.31 Å². The lowest BCUT2D eigenvalue weighted by Gasteiger charge is -2.14. The van der Waals surface area contributed by atoms with Crippen LogP contribution < -0.4 is 8.92 Å². The summed E-state index contributed by atoms with van der Waals surface area (Å²) in [6.07, 6.45) is 0. The molecule has 0 unspecified atom stereocenters. The maximum atomic E-state index is 11.8. The molecule has 0 atom stereocenters. The summed E-state index contributed by atoms with van der Waals surface area (Å²) in [5.74, 6) is 0.954. The van der Waals surface area contributed by atoms with Crippen LogP contribution in [0.15, 0.2) is 36.4 Å². The van der Waals surface area contributed by atoms with Gasteiger partial charge in [-0.2, -0.15) is 12.7 Å². The molecule has 2 aromatic carbocycles. The van der Waals surface area contributed by atoms with Crippen LogP contribution in [0.3, 0.4) is 0 Å². The Morgan fingerprint density at radius 1 is 0.947 bits per heavy atom. The minimum Gasteiger partial charge on any atom is -0.496 e. The van der Waals surface area contributed by atoms with Crippen molar-refractivity contribution < 1.29 is 17.3 Å². The van der Waals surface area contributed by atoms with E-state index in [1.54, 1.807) is 25.3 Å². The van der Waals surface area contributed by atoms with Gasteiger partial charge in [-0.15, -0.1) is 0 Å². The van der Waals surface area contributed by atoms with Crippen LogP contribution in [0.5, 0.6) is 11.5 Å². The van der Waals surface area contributed by atoms with Gasteiger partial charge in [-0.25, -0.2) is 0 Å². The lowest BCUT2D eigenvalue weighted by molar-refractivity contribution is 0.415. The van der Waals surface area contributed by atoms with E-state index in [9.17, 15) is 8.42 Å². The second-order valence-electron chi connectivity index (χ2n) is 4.13. The Morgan fingerprint density at radius 2 is 1.47 bits per heavy atom. The second kappa shape index (κ2) is 5.07. The Labute approximate surface area is 112 Å². The average molecular weight is 281 g/mol. The third kappa shape index (κ3) is 2.64. The first kappa shape index (κ1) is 13.6. The molecule has 0 aliphatic carbocycles. The molecule has 0 amide bonds. The number of nitrogens with zero attached hydrogens (tertiary/aromatic N) is 1. The molecule has 0 fully saturated rings. The monoisotopic (exact) mass is 281 g/mol. The van der Waals surface area contributed by atoms with E-state index in [0.29, 0.717) is 11.1 Å². The van der Waals surface area contributed by atoms with Gasteiger partial charge in [-0.1, -0.05) is 24.3 Å². The van der Waals surface area contributed by atoms with E-state index in [-0.39, 0.29) is 5.75 Å². The van der Waals surface area contributed by atoms with E-state index in [1.807, 2.05) is 18.2 Å². The van der Waals surface area contributed by atoms with Crippen LogP contribution >= 0.6 is 0 Å². The maximum absolute atomic E-state index is 11.8. The standard InChI is InChI=1S/C13H15NO4S/c1-14(2)19(15,16)18-13-9-8-12(17-3)10-6-4-5-7-11(10)13/h4-9H,1-3H3. The SMILES string of the molecule is COc1ccc(OS(=O)(=O)N(C)C)c2ccccc12. The summed E-state index contributed by atoms with van der Waals surface area (Å²) in [6, 6.07) is 10.6. The van der Waals surface area contributed by atoms with Crippen LogP contribution in [0, 0.1) is 0 Å². The van der Waals surface area contributed by atoms with Crippen molar-refractivity contribution in [3.8, 4) is 11.5 Å². The third-order valence-corrected chi connectivity index (χ3v) is 3.99. The van der Waals surface area contributed by atoms with Crippen LogP contribution in [0.4, 0.5) is 0 Å². The molecule has 0 N–H and O–H groups in total. The van der Waals surface area contributed by atoms with Crippen molar-refractivity contribution in [1.29, 1.82) is 0 Å².